The third-order valence-electron chi connectivity index (χ3n) is 3.75. The van der Waals surface area contributed by atoms with E-state index in [0.29, 0.717) is 17.8 Å². The molecule has 3 rings (SSSR count). The number of hydrogen-bond donors (Lipinski definition) is 1. The Balaban J connectivity index is 1.93. The standard InChI is InChI=1S/C19H17FN2O2/c1-24-19(23)11-14-10-18(15-7-3-5-9-17(15)22-14)21-12-13-6-2-4-8-16(13)20/h2-10H,11-12H2,1H3,(H,21,22). The van der Waals surface area contributed by atoms with Crippen molar-refractivity contribution in [3.8, 4) is 0 Å². The van der Waals surface area contributed by atoms with Gasteiger partial charge in [0.05, 0.1) is 24.7 Å². The number of aromatic nitrogens is 1. The number of nitrogens with one attached hydrogen (secondary N) is 1. The Bertz CT molecular complexity index is 880. The average molecular weight is 324 g/mol. The number of nitrogens with zero attached hydrogens (tertiary/aromatic N) is 1. The van der Waals surface area contributed by atoms with E-state index >= 15 is 0 Å². The number of anilines is 1. The van der Waals surface area contributed by atoms with E-state index in [9.17, 15) is 9.18 Å². The summed E-state index contributed by atoms with van der Waals surface area (Å²) >= 11 is 0. The summed E-state index contributed by atoms with van der Waals surface area (Å²) in [4.78, 5) is 16.0. The molecule has 0 amide bonds. The van der Waals surface area contributed by atoms with Gasteiger partial charge in [-0.2, -0.15) is 0 Å². The molecule has 1 heterocycles. The van der Waals surface area contributed by atoms with Crippen molar-refractivity contribution in [1.29, 1.82) is 0 Å². The highest BCUT2D eigenvalue weighted by Crippen LogP contribution is 2.24. The normalized spacial score (nSPS) is 10.6. The molecule has 0 spiro atoms. The highest BCUT2D eigenvalue weighted by atomic mass is 19.1. The Hall–Kier alpha value is -2.95. The number of fused-ring (bicyclic) bond motifs is 1. The van der Waals surface area contributed by atoms with Crippen LogP contribution in [-0.2, 0) is 22.5 Å². The predicted molar refractivity (Wildman–Crippen MR) is 91.2 cm³/mol. The van der Waals surface area contributed by atoms with Crippen molar-refractivity contribution in [3.05, 3.63) is 71.7 Å². The van der Waals surface area contributed by atoms with Crippen LogP contribution in [0.15, 0.2) is 54.6 Å². The molecule has 1 N–H and O–H groups in total. The summed E-state index contributed by atoms with van der Waals surface area (Å²) in [5, 5.41) is 4.16. The second-order valence-electron chi connectivity index (χ2n) is 5.38. The average Bonchev–Trinajstić information content (AvgIpc) is 2.60. The van der Waals surface area contributed by atoms with Gasteiger partial charge in [0.15, 0.2) is 0 Å². The minimum Gasteiger partial charge on any atom is -0.469 e. The molecule has 0 unspecified atom stereocenters. The molecule has 122 valence electrons. The molecule has 0 aliphatic carbocycles. The lowest BCUT2D eigenvalue weighted by atomic mass is 10.1. The second kappa shape index (κ2) is 7.08. The summed E-state index contributed by atoms with van der Waals surface area (Å²) in [5.74, 6) is -0.601. The number of methoxy groups -OCH3 is 1. The molecule has 0 saturated carbocycles. The van der Waals surface area contributed by atoms with Crippen molar-refractivity contribution in [2.24, 2.45) is 0 Å². The van der Waals surface area contributed by atoms with Gasteiger partial charge in [-0.25, -0.2) is 4.39 Å². The van der Waals surface area contributed by atoms with Gasteiger partial charge in [-0.3, -0.25) is 9.78 Å². The fraction of sp³-hybridized carbons (Fsp3) is 0.158. The summed E-state index contributed by atoms with van der Waals surface area (Å²) in [6.45, 7) is 0.346. The van der Waals surface area contributed by atoms with Gasteiger partial charge in [-0.05, 0) is 18.2 Å². The first-order valence-corrected chi connectivity index (χ1v) is 7.60. The zero-order valence-electron chi connectivity index (χ0n) is 13.3. The summed E-state index contributed by atoms with van der Waals surface area (Å²) in [5.41, 5.74) is 2.77. The van der Waals surface area contributed by atoms with Gasteiger partial charge >= 0.3 is 5.97 Å². The molecule has 4 nitrogen and oxygen atoms in total. The zero-order chi connectivity index (χ0) is 16.9. The van der Waals surface area contributed by atoms with Crippen molar-refractivity contribution >= 4 is 22.6 Å². The molecular formula is C19H17FN2O2. The van der Waals surface area contributed by atoms with Crippen molar-refractivity contribution in [2.75, 3.05) is 12.4 Å². The number of para-hydroxylation sites is 1. The number of halogens is 1. The van der Waals surface area contributed by atoms with Gasteiger partial charge in [0.1, 0.15) is 5.82 Å². The van der Waals surface area contributed by atoms with Crippen LogP contribution >= 0.6 is 0 Å². The Morgan fingerprint density at radius 3 is 2.71 bits per heavy atom. The van der Waals surface area contributed by atoms with E-state index in [2.05, 4.69) is 10.3 Å². The number of carbonyl (C=O) groups excluding carboxylic acids is 1. The molecular weight excluding hydrogens is 307 g/mol. The lowest BCUT2D eigenvalue weighted by Crippen LogP contribution is -2.08. The first-order valence-electron chi connectivity index (χ1n) is 7.60. The molecule has 2 aromatic carbocycles. The fourth-order valence-corrected chi connectivity index (χ4v) is 2.52. The number of benzene rings is 2. The minimum atomic E-state index is -0.349. The van der Waals surface area contributed by atoms with Gasteiger partial charge in [-0.1, -0.05) is 36.4 Å². The van der Waals surface area contributed by atoms with E-state index in [1.807, 2.05) is 24.3 Å². The monoisotopic (exact) mass is 324 g/mol. The molecule has 0 atom stereocenters. The quantitative estimate of drug-likeness (QED) is 0.727. The highest BCUT2D eigenvalue weighted by molar-refractivity contribution is 5.92. The number of carbonyl (C=O) groups is 1. The molecule has 0 bridgehead atoms. The number of pyridine rings is 1. The summed E-state index contributed by atoms with van der Waals surface area (Å²) < 4.78 is 18.5. The maximum absolute atomic E-state index is 13.8. The van der Waals surface area contributed by atoms with Crippen molar-refractivity contribution in [1.82, 2.24) is 4.98 Å². The Morgan fingerprint density at radius 1 is 1.17 bits per heavy atom. The number of esters is 1. The highest BCUT2D eigenvalue weighted by Gasteiger charge is 2.10. The topological polar surface area (TPSA) is 51.2 Å². The van der Waals surface area contributed by atoms with E-state index in [1.54, 1.807) is 24.3 Å². The van der Waals surface area contributed by atoms with Crippen LogP contribution in [0.4, 0.5) is 10.1 Å². The Morgan fingerprint density at radius 2 is 1.92 bits per heavy atom. The van der Waals surface area contributed by atoms with Gasteiger partial charge in [0.2, 0.25) is 0 Å². The number of rotatable bonds is 5. The van der Waals surface area contributed by atoms with Crippen LogP contribution in [0.2, 0.25) is 0 Å². The van der Waals surface area contributed by atoms with E-state index in [0.717, 1.165) is 16.6 Å². The van der Waals surface area contributed by atoms with Crippen LogP contribution in [0.5, 0.6) is 0 Å². The van der Waals surface area contributed by atoms with Gasteiger partial charge in [0.25, 0.3) is 0 Å². The maximum atomic E-state index is 13.8. The maximum Gasteiger partial charge on any atom is 0.311 e. The van der Waals surface area contributed by atoms with Crippen LogP contribution in [0.25, 0.3) is 10.9 Å². The van der Waals surface area contributed by atoms with Crippen LogP contribution in [0.1, 0.15) is 11.3 Å². The van der Waals surface area contributed by atoms with Gasteiger partial charge in [0, 0.05) is 23.2 Å². The van der Waals surface area contributed by atoms with E-state index in [4.69, 9.17) is 4.74 Å². The van der Waals surface area contributed by atoms with Crippen molar-refractivity contribution in [3.63, 3.8) is 0 Å². The SMILES string of the molecule is COC(=O)Cc1cc(NCc2ccccc2F)c2ccccc2n1. The van der Waals surface area contributed by atoms with Crippen molar-refractivity contribution < 1.29 is 13.9 Å². The zero-order valence-corrected chi connectivity index (χ0v) is 13.3. The van der Waals surface area contributed by atoms with Crippen molar-refractivity contribution in [2.45, 2.75) is 13.0 Å². The molecule has 24 heavy (non-hydrogen) atoms. The Labute approximate surface area is 139 Å². The van der Waals surface area contributed by atoms with Crippen LogP contribution in [0.3, 0.4) is 0 Å². The number of hydrogen-bond acceptors (Lipinski definition) is 4. The largest absolute Gasteiger partial charge is 0.469 e. The third kappa shape index (κ3) is 3.51. The smallest absolute Gasteiger partial charge is 0.311 e. The Kier molecular flexibility index (Phi) is 4.70. The predicted octanol–water partition coefficient (Wildman–Crippen LogP) is 3.70. The summed E-state index contributed by atoms with van der Waals surface area (Å²) in [6.07, 6.45) is 0.0930. The first-order chi connectivity index (χ1) is 11.7. The molecule has 0 saturated heterocycles. The molecule has 1 aromatic heterocycles. The first kappa shape index (κ1) is 15.9. The van der Waals surface area contributed by atoms with E-state index in [1.165, 1.54) is 13.2 Å². The molecule has 0 aliphatic heterocycles. The lowest BCUT2D eigenvalue weighted by Gasteiger charge is -2.12. The van der Waals surface area contributed by atoms with E-state index < -0.39 is 0 Å². The van der Waals surface area contributed by atoms with E-state index in [-0.39, 0.29) is 18.2 Å². The lowest BCUT2D eigenvalue weighted by molar-refractivity contribution is -0.139. The van der Waals surface area contributed by atoms with Crippen LogP contribution in [-0.4, -0.2) is 18.1 Å². The number of ether oxygens (including phenoxy) is 1. The molecule has 0 aliphatic rings. The second-order valence-corrected chi connectivity index (χ2v) is 5.38. The summed E-state index contributed by atoms with van der Waals surface area (Å²) in [7, 11) is 1.35. The molecule has 5 heteroatoms. The minimum absolute atomic E-state index is 0.0930. The molecule has 0 fully saturated rings. The summed E-state index contributed by atoms with van der Waals surface area (Å²) in [6, 6.07) is 16.1. The third-order valence-corrected chi connectivity index (χ3v) is 3.75. The van der Waals surface area contributed by atoms with Gasteiger partial charge in [-0.15, -0.1) is 0 Å². The fourth-order valence-electron chi connectivity index (χ4n) is 2.52. The molecule has 3 aromatic rings. The van der Waals surface area contributed by atoms with Gasteiger partial charge < -0.3 is 10.1 Å². The molecule has 0 radical (unpaired) electrons. The van der Waals surface area contributed by atoms with Crippen LogP contribution in [0, 0.1) is 5.82 Å². The van der Waals surface area contributed by atoms with Crippen LogP contribution < -0.4 is 5.32 Å².